The SMILES string of the molecule is COCCN(CC(=O)N1N=C(c2cccn2C)CC1c1ccc(C)cc1)C(=O)C(C)C. The van der Waals surface area contributed by atoms with Crippen molar-refractivity contribution >= 4 is 17.5 Å². The molecule has 1 aliphatic heterocycles. The van der Waals surface area contributed by atoms with E-state index in [0.717, 1.165) is 22.5 Å². The Bertz CT molecular complexity index is 946. The van der Waals surface area contributed by atoms with E-state index in [-0.39, 0.29) is 30.3 Å². The molecule has 1 unspecified atom stereocenters. The van der Waals surface area contributed by atoms with Crippen molar-refractivity contribution in [1.82, 2.24) is 14.5 Å². The molecule has 0 saturated heterocycles. The van der Waals surface area contributed by atoms with E-state index < -0.39 is 0 Å². The van der Waals surface area contributed by atoms with E-state index in [1.54, 1.807) is 17.0 Å². The van der Waals surface area contributed by atoms with Crippen LogP contribution in [0.1, 0.15) is 43.1 Å². The van der Waals surface area contributed by atoms with Crippen LogP contribution in [-0.2, 0) is 21.4 Å². The topological polar surface area (TPSA) is 67.1 Å². The Kier molecular flexibility index (Phi) is 7.28. The first kappa shape index (κ1) is 22.7. The van der Waals surface area contributed by atoms with E-state index >= 15 is 0 Å². The van der Waals surface area contributed by atoms with Crippen LogP contribution < -0.4 is 0 Å². The van der Waals surface area contributed by atoms with Crippen molar-refractivity contribution in [2.24, 2.45) is 18.1 Å². The van der Waals surface area contributed by atoms with Gasteiger partial charge in [0.25, 0.3) is 5.91 Å². The third kappa shape index (κ3) is 5.22. The average molecular weight is 425 g/mol. The van der Waals surface area contributed by atoms with Crippen molar-refractivity contribution in [3.05, 3.63) is 59.4 Å². The molecule has 31 heavy (non-hydrogen) atoms. The summed E-state index contributed by atoms with van der Waals surface area (Å²) in [5, 5.41) is 6.28. The summed E-state index contributed by atoms with van der Waals surface area (Å²) in [5.74, 6) is -0.457. The van der Waals surface area contributed by atoms with Crippen molar-refractivity contribution in [2.45, 2.75) is 33.2 Å². The fourth-order valence-corrected chi connectivity index (χ4v) is 3.77. The summed E-state index contributed by atoms with van der Waals surface area (Å²) in [7, 11) is 3.56. The van der Waals surface area contributed by atoms with Crippen LogP contribution in [0.5, 0.6) is 0 Å². The third-order valence-electron chi connectivity index (χ3n) is 5.56. The molecule has 7 heteroatoms. The zero-order chi connectivity index (χ0) is 22.5. The number of hydrogen-bond donors (Lipinski definition) is 0. The molecular formula is C24H32N4O3. The monoisotopic (exact) mass is 424 g/mol. The van der Waals surface area contributed by atoms with Crippen LogP contribution in [0.4, 0.5) is 0 Å². The normalized spacial score (nSPS) is 16.0. The lowest BCUT2D eigenvalue weighted by Crippen LogP contribution is -2.44. The molecule has 0 spiro atoms. The highest BCUT2D eigenvalue weighted by atomic mass is 16.5. The van der Waals surface area contributed by atoms with Gasteiger partial charge in [0.05, 0.1) is 24.1 Å². The minimum atomic E-state index is -0.198. The van der Waals surface area contributed by atoms with Crippen LogP contribution in [0, 0.1) is 12.8 Å². The number of ether oxygens (including phenoxy) is 1. The minimum Gasteiger partial charge on any atom is -0.383 e. The standard InChI is InChI=1S/C24H32N4O3/c1-17(2)24(30)27(13-14-31-5)16-23(29)28-22(19-10-8-18(3)9-11-19)15-20(25-28)21-7-6-12-26(21)4/h6-12,17,22H,13-16H2,1-5H3. The molecule has 2 amide bonds. The van der Waals surface area contributed by atoms with Crippen molar-refractivity contribution in [2.75, 3.05) is 26.8 Å². The summed E-state index contributed by atoms with van der Waals surface area (Å²) >= 11 is 0. The van der Waals surface area contributed by atoms with Gasteiger partial charge in [-0.3, -0.25) is 9.59 Å². The average Bonchev–Trinajstić information content (AvgIpc) is 3.37. The summed E-state index contributed by atoms with van der Waals surface area (Å²) in [4.78, 5) is 27.6. The number of hydrogen-bond acceptors (Lipinski definition) is 4. The van der Waals surface area contributed by atoms with Crippen molar-refractivity contribution in [3.63, 3.8) is 0 Å². The highest BCUT2D eigenvalue weighted by Gasteiger charge is 2.35. The fourth-order valence-electron chi connectivity index (χ4n) is 3.77. The predicted molar refractivity (Wildman–Crippen MR) is 121 cm³/mol. The molecule has 1 aromatic heterocycles. The van der Waals surface area contributed by atoms with Gasteiger partial charge in [0.15, 0.2) is 0 Å². The first-order valence-electron chi connectivity index (χ1n) is 10.7. The molecule has 1 atom stereocenters. The maximum Gasteiger partial charge on any atom is 0.262 e. The van der Waals surface area contributed by atoms with Crippen LogP contribution in [0.2, 0.25) is 0 Å². The number of benzene rings is 1. The van der Waals surface area contributed by atoms with E-state index in [4.69, 9.17) is 9.84 Å². The lowest BCUT2D eigenvalue weighted by Gasteiger charge is -2.28. The summed E-state index contributed by atoms with van der Waals surface area (Å²) < 4.78 is 7.15. The number of amides is 2. The molecule has 0 N–H and O–H groups in total. The number of rotatable bonds is 8. The molecule has 0 aliphatic carbocycles. The lowest BCUT2D eigenvalue weighted by atomic mass is 9.99. The smallest absolute Gasteiger partial charge is 0.262 e. The second kappa shape index (κ2) is 9.92. The molecule has 166 valence electrons. The Hall–Kier alpha value is -2.93. The number of nitrogens with zero attached hydrogens (tertiary/aromatic N) is 4. The zero-order valence-corrected chi connectivity index (χ0v) is 19.0. The predicted octanol–water partition coefficient (Wildman–Crippen LogP) is 3.14. The Labute approximate surface area is 184 Å². The summed E-state index contributed by atoms with van der Waals surface area (Å²) in [5.41, 5.74) is 4.05. The van der Waals surface area contributed by atoms with Crippen LogP contribution in [0.15, 0.2) is 47.7 Å². The molecule has 2 aromatic rings. The number of aromatic nitrogens is 1. The second-order valence-corrected chi connectivity index (χ2v) is 8.33. The Morgan fingerprint density at radius 1 is 1.23 bits per heavy atom. The quantitative estimate of drug-likeness (QED) is 0.654. The molecule has 3 rings (SSSR count). The van der Waals surface area contributed by atoms with Gasteiger partial charge in [-0.15, -0.1) is 0 Å². The highest BCUT2D eigenvalue weighted by molar-refractivity contribution is 6.02. The number of hydrazone groups is 1. The van der Waals surface area contributed by atoms with Crippen LogP contribution >= 0.6 is 0 Å². The molecule has 0 saturated carbocycles. The molecule has 1 aromatic carbocycles. The number of carbonyl (C=O) groups excluding carboxylic acids is 2. The number of aryl methyl sites for hydroxylation is 2. The van der Waals surface area contributed by atoms with Gasteiger partial charge in [0, 0.05) is 39.2 Å². The summed E-state index contributed by atoms with van der Waals surface area (Å²) in [6.07, 6.45) is 2.60. The van der Waals surface area contributed by atoms with E-state index in [2.05, 4.69) is 0 Å². The van der Waals surface area contributed by atoms with Crippen LogP contribution in [0.25, 0.3) is 0 Å². The van der Waals surface area contributed by atoms with Crippen LogP contribution in [0.3, 0.4) is 0 Å². The highest BCUT2D eigenvalue weighted by Crippen LogP contribution is 2.33. The van der Waals surface area contributed by atoms with Gasteiger partial charge in [0.1, 0.15) is 6.54 Å². The molecule has 0 radical (unpaired) electrons. The van der Waals surface area contributed by atoms with Gasteiger partial charge in [-0.05, 0) is 24.6 Å². The fraction of sp³-hybridized carbons (Fsp3) is 0.458. The minimum absolute atomic E-state index is 0.0212. The van der Waals surface area contributed by atoms with Crippen molar-refractivity contribution in [3.8, 4) is 0 Å². The Balaban J connectivity index is 1.89. The molecule has 1 aliphatic rings. The van der Waals surface area contributed by atoms with Gasteiger partial charge in [0.2, 0.25) is 5.91 Å². The molecule has 7 nitrogen and oxygen atoms in total. The Morgan fingerprint density at radius 3 is 2.52 bits per heavy atom. The second-order valence-electron chi connectivity index (χ2n) is 8.33. The van der Waals surface area contributed by atoms with E-state index in [1.807, 2.05) is 75.0 Å². The zero-order valence-electron chi connectivity index (χ0n) is 19.0. The van der Waals surface area contributed by atoms with Crippen LogP contribution in [-0.4, -0.2) is 58.8 Å². The first-order valence-corrected chi connectivity index (χ1v) is 10.7. The summed E-state index contributed by atoms with van der Waals surface area (Å²) in [6.45, 7) is 6.44. The molecular weight excluding hydrogens is 392 g/mol. The van der Waals surface area contributed by atoms with Gasteiger partial charge in [-0.2, -0.15) is 5.10 Å². The van der Waals surface area contributed by atoms with Crippen molar-refractivity contribution < 1.29 is 14.3 Å². The Morgan fingerprint density at radius 2 is 1.94 bits per heavy atom. The number of methoxy groups -OCH3 is 1. The van der Waals surface area contributed by atoms with Gasteiger partial charge < -0.3 is 14.2 Å². The largest absolute Gasteiger partial charge is 0.383 e. The van der Waals surface area contributed by atoms with Gasteiger partial charge in [-0.25, -0.2) is 5.01 Å². The molecule has 0 fully saturated rings. The lowest BCUT2D eigenvalue weighted by molar-refractivity contribution is -0.143. The number of carbonyl (C=O) groups is 2. The first-order chi connectivity index (χ1) is 14.8. The summed E-state index contributed by atoms with van der Waals surface area (Å²) in [6, 6.07) is 12.0. The maximum absolute atomic E-state index is 13.4. The third-order valence-corrected chi connectivity index (χ3v) is 5.56. The van der Waals surface area contributed by atoms with Crippen molar-refractivity contribution in [1.29, 1.82) is 0 Å². The van der Waals surface area contributed by atoms with E-state index in [0.29, 0.717) is 19.6 Å². The van der Waals surface area contributed by atoms with Gasteiger partial charge in [-0.1, -0.05) is 43.7 Å². The van der Waals surface area contributed by atoms with E-state index in [9.17, 15) is 9.59 Å². The molecule has 2 heterocycles. The van der Waals surface area contributed by atoms with Gasteiger partial charge >= 0.3 is 0 Å². The molecule has 0 bridgehead atoms. The van der Waals surface area contributed by atoms with E-state index in [1.165, 1.54) is 0 Å². The maximum atomic E-state index is 13.4.